The van der Waals surface area contributed by atoms with E-state index in [2.05, 4.69) is 0 Å². The third-order valence-electron chi connectivity index (χ3n) is 4.06. The van der Waals surface area contributed by atoms with E-state index in [0.717, 1.165) is 17.5 Å². The van der Waals surface area contributed by atoms with Crippen molar-refractivity contribution in [2.45, 2.75) is 19.4 Å². The molecule has 2 rings (SSSR count). The highest BCUT2D eigenvalue weighted by Gasteiger charge is 2.19. The Hall–Kier alpha value is -2.53. The van der Waals surface area contributed by atoms with Crippen LogP contribution in [0.3, 0.4) is 0 Å². The summed E-state index contributed by atoms with van der Waals surface area (Å²) in [5.41, 5.74) is 7.50. The van der Waals surface area contributed by atoms with Gasteiger partial charge in [-0.05, 0) is 30.7 Å². The second-order valence-corrected chi connectivity index (χ2v) is 5.76. The first-order chi connectivity index (χ1) is 12.2. The monoisotopic (exact) mass is 342 g/mol. The van der Waals surface area contributed by atoms with E-state index < -0.39 is 0 Å². The summed E-state index contributed by atoms with van der Waals surface area (Å²) in [6.45, 7) is 1.75. The largest absolute Gasteiger partial charge is 0.496 e. The van der Waals surface area contributed by atoms with Crippen LogP contribution in [0.1, 0.15) is 17.5 Å². The molecule has 0 unspecified atom stereocenters. The summed E-state index contributed by atoms with van der Waals surface area (Å²) < 4.78 is 10.8. The fraction of sp³-hybridized carbons (Fsp3) is 0.350. The van der Waals surface area contributed by atoms with Gasteiger partial charge in [0.2, 0.25) is 5.91 Å². The summed E-state index contributed by atoms with van der Waals surface area (Å²) in [6.07, 6.45) is 0.992. The first-order valence-corrected chi connectivity index (χ1v) is 8.41. The second-order valence-electron chi connectivity index (χ2n) is 5.76. The molecule has 0 aliphatic heterocycles. The van der Waals surface area contributed by atoms with Crippen LogP contribution in [0.25, 0.3) is 0 Å². The quantitative estimate of drug-likeness (QED) is 0.761. The smallest absolute Gasteiger partial charge is 0.227 e. The molecule has 25 heavy (non-hydrogen) atoms. The van der Waals surface area contributed by atoms with Crippen molar-refractivity contribution in [3.05, 3.63) is 59.7 Å². The van der Waals surface area contributed by atoms with Crippen molar-refractivity contribution in [2.24, 2.45) is 5.73 Å². The van der Waals surface area contributed by atoms with Crippen LogP contribution in [0.15, 0.2) is 48.5 Å². The standard InChI is InChI=1S/C20H26N2O3/c1-24-18-10-6-11-19(25-2)17(18)14-20(23)22(13-7-12-21)15-16-8-4-3-5-9-16/h3-6,8-11H,7,12-15,21H2,1-2H3. The van der Waals surface area contributed by atoms with Gasteiger partial charge in [0.1, 0.15) is 11.5 Å². The lowest BCUT2D eigenvalue weighted by Gasteiger charge is -2.24. The number of carbonyl (C=O) groups is 1. The molecule has 0 heterocycles. The average molecular weight is 342 g/mol. The van der Waals surface area contributed by atoms with Gasteiger partial charge in [-0.15, -0.1) is 0 Å². The molecule has 0 fully saturated rings. The third-order valence-corrected chi connectivity index (χ3v) is 4.06. The van der Waals surface area contributed by atoms with E-state index in [-0.39, 0.29) is 12.3 Å². The maximum Gasteiger partial charge on any atom is 0.227 e. The zero-order valence-corrected chi connectivity index (χ0v) is 14.9. The highest BCUT2D eigenvalue weighted by molar-refractivity contribution is 5.80. The number of nitrogens with two attached hydrogens (primary N) is 1. The topological polar surface area (TPSA) is 64.8 Å². The fourth-order valence-electron chi connectivity index (χ4n) is 2.74. The van der Waals surface area contributed by atoms with Crippen molar-refractivity contribution in [2.75, 3.05) is 27.3 Å². The molecule has 0 saturated carbocycles. The van der Waals surface area contributed by atoms with Gasteiger partial charge in [0.05, 0.1) is 20.6 Å². The number of methoxy groups -OCH3 is 2. The predicted molar refractivity (Wildman–Crippen MR) is 98.8 cm³/mol. The summed E-state index contributed by atoms with van der Waals surface area (Å²) in [6, 6.07) is 15.5. The molecule has 5 nitrogen and oxygen atoms in total. The van der Waals surface area contributed by atoms with Crippen molar-refractivity contribution < 1.29 is 14.3 Å². The van der Waals surface area contributed by atoms with E-state index >= 15 is 0 Å². The summed E-state index contributed by atoms with van der Waals surface area (Å²) in [7, 11) is 3.19. The van der Waals surface area contributed by atoms with Crippen LogP contribution in [0.2, 0.25) is 0 Å². The summed E-state index contributed by atoms with van der Waals surface area (Å²) >= 11 is 0. The molecule has 0 radical (unpaired) electrons. The highest BCUT2D eigenvalue weighted by Crippen LogP contribution is 2.29. The lowest BCUT2D eigenvalue weighted by molar-refractivity contribution is -0.131. The van der Waals surface area contributed by atoms with Crippen LogP contribution in [0.4, 0.5) is 0 Å². The molecular formula is C20H26N2O3. The maximum absolute atomic E-state index is 12.9. The summed E-state index contributed by atoms with van der Waals surface area (Å²) in [4.78, 5) is 14.8. The predicted octanol–water partition coefficient (Wildman–Crippen LogP) is 2.62. The molecule has 0 bridgehead atoms. The van der Waals surface area contributed by atoms with E-state index in [1.165, 1.54) is 0 Å². The Morgan fingerprint density at radius 2 is 1.64 bits per heavy atom. The van der Waals surface area contributed by atoms with Gasteiger partial charge in [-0.25, -0.2) is 0 Å². The molecule has 0 aliphatic carbocycles. The van der Waals surface area contributed by atoms with Gasteiger partial charge in [0.15, 0.2) is 0 Å². The highest BCUT2D eigenvalue weighted by atomic mass is 16.5. The lowest BCUT2D eigenvalue weighted by atomic mass is 10.1. The Morgan fingerprint density at radius 1 is 1.00 bits per heavy atom. The van der Waals surface area contributed by atoms with Crippen molar-refractivity contribution in [3.63, 3.8) is 0 Å². The molecular weight excluding hydrogens is 316 g/mol. The van der Waals surface area contributed by atoms with Crippen LogP contribution in [-0.2, 0) is 17.8 Å². The Labute approximate surface area is 149 Å². The summed E-state index contributed by atoms with van der Waals surface area (Å²) in [5, 5.41) is 0. The zero-order valence-electron chi connectivity index (χ0n) is 14.9. The van der Waals surface area contributed by atoms with E-state index in [1.807, 2.05) is 53.4 Å². The number of hydrogen-bond donors (Lipinski definition) is 1. The van der Waals surface area contributed by atoms with Crippen molar-refractivity contribution in [1.29, 1.82) is 0 Å². The second kappa shape index (κ2) is 9.69. The van der Waals surface area contributed by atoms with E-state index in [4.69, 9.17) is 15.2 Å². The molecule has 0 aliphatic rings. The third kappa shape index (κ3) is 5.22. The van der Waals surface area contributed by atoms with Crippen LogP contribution in [0.5, 0.6) is 11.5 Å². The molecule has 1 amide bonds. The van der Waals surface area contributed by atoms with Crippen LogP contribution < -0.4 is 15.2 Å². The number of benzene rings is 2. The van der Waals surface area contributed by atoms with Gasteiger partial charge in [-0.2, -0.15) is 0 Å². The van der Waals surface area contributed by atoms with Crippen LogP contribution in [0, 0.1) is 0 Å². The normalized spacial score (nSPS) is 10.4. The van der Waals surface area contributed by atoms with Gasteiger partial charge in [-0.1, -0.05) is 36.4 Å². The fourth-order valence-corrected chi connectivity index (χ4v) is 2.74. The molecule has 2 aromatic carbocycles. The Kier molecular flexibility index (Phi) is 7.29. The van der Waals surface area contributed by atoms with Gasteiger partial charge in [-0.3, -0.25) is 4.79 Å². The molecule has 134 valence electrons. The SMILES string of the molecule is COc1cccc(OC)c1CC(=O)N(CCCN)Cc1ccccc1. The van der Waals surface area contributed by atoms with E-state index in [9.17, 15) is 4.79 Å². The van der Waals surface area contributed by atoms with Crippen molar-refractivity contribution >= 4 is 5.91 Å². The molecule has 0 aromatic heterocycles. The minimum Gasteiger partial charge on any atom is -0.496 e. The number of nitrogens with zero attached hydrogens (tertiary/aromatic N) is 1. The average Bonchev–Trinajstić information content (AvgIpc) is 2.65. The Morgan fingerprint density at radius 3 is 2.20 bits per heavy atom. The zero-order chi connectivity index (χ0) is 18.1. The maximum atomic E-state index is 12.9. The lowest BCUT2D eigenvalue weighted by Crippen LogP contribution is -2.33. The molecule has 0 saturated heterocycles. The number of hydrogen-bond acceptors (Lipinski definition) is 4. The minimum atomic E-state index is 0.0279. The van der Waals surface area contributed by atoms with E-state index in [1.54, 1.807) is 14.2 Å². The Bertz CT molecular complexity index is 652. The van der Waals surface area contributed by atoms with Crippen LogP contribution in [-0.4, -0.2) is 38.1 Å². The van der Waals surface area contributed by atoms with Gasteiger partial charge >= 0.3 is 0 Å². The van der Waals surface area contributed by atoms with Gasteiger partial charge in [0, 0.05) is 18.7 Å². The molecule has 0 atom stereocenters. The number of amides is 1. The first-order valence-electron chi connectivity index (χ1n) is 8.41. The number of ether oxygens (including phenoxy) is 2. The van der Waals surface area contributed by atoms with Crippen molar-refractivity contribution in [1.82, 2.24) is 4.90 Å². The summed E-state index contributed by atoms with van der Waals surface area (Å²) in [5.74, 6) is 1.34. The van der Waals surface area contributed by atoms with E-state index in [0.29, 0.717) is 31.1 Å². The molecule has 2 N–H and O–H groups in total. The van der Waals surface area contributed by atoms with Crippen molar-refractivity contribution in [3.8, 4) is 11.5 Å². The molecule has 5 heteroatoms. The molecule has 0 spiro atoms. The van der Waals surface area contributed by atoms with Gasteiger partial charge in [0.25, 0.3) is 0 Å². The number of rotatable bonds is 9. The first kappa shape index (κ1) is 18.8. The number of carbonyl (C=O) groups excluding carboxylic acids is 1. The van der Waals surface area contributed by atoms with Gasteiger partial charge < -0.3 is 20.1 Å². The van der Waals surface area contributed by atoms with Crippen LogP contribution >= 0.6 is 0 Å². The minimum absolute atomic E-state index is 0.0279. The molecule has 2 aromatic rings. The Balaban J connectivity index is 2.19.